The van der Waals surface area contributed by atoms with Crippen molar-refractivity contribution >= 4 is 34.1 Å². The second kappa shape index (κ2) is 22.0. The van der Waals surface area contributed by atoms with Gasteiger partial charge in [0.2, 0.25) is 0 Å². The van der Waals surface area contributed by atoms with Gasteiger partial charge in [-0.3, -0.25) is 0 Å². The van der Waals surface area contributed by atoms with Gasteiger partial charge in [0.05, 0.1) is 22.8 Å². The summed E-state index contributed by atoms with van der Waals surface area (Å²) in [4.78, 5) is 4.69. The number of nitrogens with zero attached hydrogens (tertiary/aromatic N) is 6. The summed E-state index contributed by atoms with van der Waals surface area (Å²) in [5.74, 6) is 0. The minimum Gasteiger partial charge on any atom is -0.317 e. The minimum absolute atomic E-state index is 1.06. The van der Waals surface area contributed by atoms with Crippen LogP contribution in [0, 0.1) is 0 Å². The summed E-state index contributed by atoms with van der Waals surface area (Å²) in [6.45, 7) is 0. The molecular formula is C76H56N6. The number of aromatic nitrogens is 4. The molecule has 6 heteroatoms. The highest BCUT2D eigenvalue weighted by molar-refractivity contribution is 5.84. The maximum atomic E-state index is 2.35. The molecule has 0 spiro atoms. The lowest BCUT2D eigenvalue weighted by Gasteiger charge is -2.27. The molecule has 10 aromatic carbocycles. The molecule has 0 saturated carbocycles. The predicted molar refractivity (Wildman–Crippen MR) is 340 cm³/mol. The first-order chi connectivity index (χ1) is 40.7. The number of rotatable bonds is 15. The van der Waals surface area contributed by atoms with Crippen molar-refractivity contribution in [3.63, 3.8) is 0 Å². The van der Waals surface area contributed by atoms with E-state index >= 15 is 0 Å². The molecule has 0 bridgehead atoms. The largest absolute Gasteiger partial charge is 0.317 e. The Hall–Kier alpha value is -11.1. The van der Waals surface area contributed by atoms with Gasteiger partial charge in [0.25, 0.3) is 0 Å². The molecule has 0 saturated heterocycles. The summed E-state index contributed by atoms with van der Waals surface area (Å²) in [5, 5.41) is 0. The van der Waals surface area contributed by atoms with Crippen molar-refractivity contribution in [3.8, 4) is 78.9 Å². The number of hydrogen-bond donors (Lipinski definition) is 0. The Morgan fingerprint density at radius 1 is 0.159 bits per heavy atom. The molecule has 0 unspecified atom stereocenters. The van der Waals surface area contributed by atoms with Crippen molar-refractivity contribution in [2.45, 2.75) is 0 Å². The Kier molecular flexibility index (Phi) is 13.2. The van der Waals surface area contributed by atoms with Crippen molar-refractivity contribution in [2.75, 3.05) is 9.80 Å². The summed E-state index contributed by atoms with van der Waals surface area (Å²) in [7, 11) is 0. The van der Waals surface area contributed by atoms with Crippen molar-refractivity contribution in [1.29, 1.82) is 0 Å². The van der Waals surface area contributed by atoms with E-state index in [1.165, 1.54) is 0 Å². The smallest absolute Gasteiger partial charge is 0.0528 e. The Balaban J connectivity index is 0.787. The summed E-state index contributed by atoms with van der Waals surface area (Å²) >= 11 is 0. The van der Waals surface area contributed by atoms with Crippen LogP contribution in [-0.4, -0.2) is 18.3 Å². The second-order valence-corrected chi connectivity index (χ2v) is 20.3. The van der Waals surface area contributed by atoms with E-state index in [2.05, 4.69) is 368 Å². The Labute approximate surface area is 478 Å². The summed E-state index contributed by atoms with van der Waals surface area (Å²) in [6.07, 6.45) is 8.51. The Morgan fingerprint density at radius 3 is 0.537 bits per heavy atom. The fraction of sp³-hybridized carbons (Fsp3) is 0. The molecule has 0 N–H and O–H groups in total. The first-order valence-corrected chi connectivity index (χ1v) is 27.8. The fourth-order valence-electron chi connectivity index (χ4n) is 11.3. The highest BCUT2D eigenvalue weighted by Crippen LogP contribution is 2.41. The molecule has 6 nitrogen and oxygen atoms in total. The van der Waals surface area contributed by atoms with E-state index in [1.54, 1.807) is 0 Å². The van der Waals surface area contributed by atoms with Gasteiger partial charge in [0.1, 0.15) is 0 Å². The molecule has 0 amide bonds. The quantitative estimate of drug-likeness (QED) is 0.102. The second-order valence-electron chi connectivity index (χ2n) is 20.3. The zero-order chi connectivity index (χ0) is 54.6. The number of hydrogen-bond acceptors (Lipinski definition) is 2. The van der Waals surface area contributed by atoms with E-state index < -0.39 is 0 Å². The molecule has 4 aromatic heterocycles. The van der Waals surface area contributed by atoms with Crippen molar-refractivity contribution in [3.05, 3.63) is 340 Å². The molecule has 0 aliphatic heterocycles. The van der Waals surface area contributed by atoms with Crippen LogP contribution in [0.25, 0.3) is 78.9 Å². The number of para-hydroxylation sites is 4. The molecule has 0 fully saturated rings. The normalized spacial score (nSPS) is 11.2. The lowest BCUT2D eigenvalue weighted by molar-refractivity contribution is 1.09. The van der Waals surface area contributed by atoms with Crippen LogP contribution in [0.1, 0.15) is 0 Å². The lowest BCUT2D eigenvalue weighted by atomic mass is 10.0. The van der Waals surface area contributed by atoms with Crippen LogP contribution in [0.5, 0.6) is 0 Å². The maximum absolute atomic E-state index is 2.35. The molecule has 4 heterocycles. The predicted octanol–water partition coefficient (Wildman–Crippen LogP) is 20.1. The molecule has 390 valence electrons. The first-order valence-electron chi connectivity index (χ1n) is 27.8. The zero-order valence-corrected chi connectivity index (χ0v) is 45.0. The average Bonchev–Trinajstić information content (AvgIpc) is 4.56. The summed E-state index contributed by atoms with van der Waals surface area (Å²) < 4.78 is 8.97. The molecule has 82 heavy (non-hydrogen) atoms. The van der Waals surface area contributed by atoms with Gasteiger partial charge in [0.15, 0.2) is 0 Å². The van der Waals surface area contributed by atoms with E-state index in [1.807, 2.05) is 0 Å². The van der Waals surface area contributed by atoms with E-state index in [0.717, 1.165) is 113 Å². The van der Waals surface area contributed by atoms with Crippen LogP contribution in [0.2, 0.25) is 0 Å². The fourth-order valence-corrected chi connectivity index (χ4v) is 11.3. The van der Waals surface area contributed by atoms with Crippen LogP contribution in [-0.2, 0) is 0 Å². The molecular weight excluding hydrogens is 997 g/mol. The van der Waals surface area contributed by atoms with Gasteiger partial charge in [-0.15, -0.1) is 0 Å². The van der Waals surface area contributed by atoms with Gasteiger partial charge in [-0.2, -0.15) is 0 Å². The monoisotopic (exact) mass is 1050 g/mol. The summed E-state index contributed by atoms with van der Waals surface area (Å²) in [6, 6.07) is 113. The van der Waals surface area contributed by atoms with Crippen LogP contribution in [0.15, 0.2) is 340 Å². The van der Waals surface area contributed by atoms with Gasteiger partial charge < -0.3 is 28.1 Å². The van der Waals surface area contributed by atoms with Gasteiger partial charge in [0, 0.05) is 81.7 Å². The third-order valence-corrected chi connectivity index (χ3v) is 15.4. The summed E-state index contributed by atoms with van der Waals surface area (Å²) in [5.41, 5.74) is 22.3. The number of benzene rings is 10. The highest BCUT2D eigenvalue weighted by atomic mass is 15.1. The van der Waals surface area contributed by atoms with Gasteiger partial charge >= 0.3 is 0 Å². The Morgan fingerprint density at radius 2 is 0.341 bits per heavy atom. The average molecular weight is 1050 g/mol. The number of anilines is 6. The highest BCUT2D eigenvalue weighted by Gasteiger charge is 2.19. The SMILES string of the molecule is c1ccc(-n2cccc2-c2ccc(N(c3ccc(-c4ccc(N(c5ccc(-c6cccn6-c6ccccc6)cc5)c5ccc(-c6cccn6-c6ccccc6)cc5)cc4)cc3)c3ccc(-c4cccn4-c4ccccc4)cc3)cc2)cc1. The first kappa shape index (κ1) is 49.2. The lowest BCUT2D eigenvalue weighted by Crippen LogP contribution is -2.10. The molecule has 14 aromatic rings. The van der Waals surface area contributed by atoms with E-state index in [4.69, 9.17) is 0 Å². The van der Waals surface area contributed by atoms with Crippen molar-refractivity contribution < 1.29 is 0 Å². The standard InChI is InChI=1S/C76H56N6/c1-5-17-63(18-6-1)77-53-13-25-73(77)59-33-45-69(46-34-59)81(70-47-35-60(36-48-70)74-26-14-54-78(74)64-19-7-2-8-20-64)67-41-29-57(30-42-67)58-31-43-68(44-32-58)82(71-49-37-61(38-50-71)75-27-15-55-79(75)65-21-9-3-10-22-65)72-51-39-62(40-52-72)76-28-16-56-80(76)66-23-11-4-12-24-66/h1-56H. The van der Waals surface area contributed by atoms with Gasteiger partial charge in [-0.05, 0) is 203 Å². The maximum Gasteiger partial charge on any atom is 0.0528 e. The molecule has 0 aliphatic rings. The van der Waals surface area contributed by atoms with E-state index in [9.17, 15) is 0 Å². The van der Waals surface area contributed by atoms with Crippen LogP contribution >= 0.6 is 0 Å². The van der Waals surface area contributed by atoms with Gasteiger partial charge in [-0.25, -0.2) is 0 Å². The zero-order valence-electron chi connectivity index (χ0n) is 45.0. The van der Waals surface area contributed by atoms with E-state index in [-0.39, 0.29) is 0 Å². The molecule has 0 atom stereocenters. The van der Waals surface area contributed by atoms with Crippen molar-refractivity contribution in [2.24, 2.45) is 0 Å². The van der Waals surface area contributed by atoms with E-state index in [0.29, 0.717) is 0 Å². The molecule has 0 radical (unpaired) electrons. The topological polar surface area (TPSA) is 26.2 Å². The molecule has 14 rings (SSSR count). The van der Waals surface area contributed by atoms with Crippen LogP contribution in [0.4, 0.5) is 34.1 Å². The Bertz CT molecular complexity index is 3840. The van der Waals surface area contributed by atoms with Crippen molar-refractivity contribution in [1.82, 2.24) is 18.3 Å². The van der Waals surface area contributed by atoms with Crippen LogP contribution in [0.3, 0.4) is 0 Å². The minimum atomic E-state index is 1.06. The third kappa shape index (κ3) is 9.71. The third-order valence-electron chi connectivity index (χ3n) is 15.4. The molecule has 0 aliphatic carbocycles. The van der Waals surface area contributed by atoms with Crippen LogP contribution < -0.4 is 9.80 Å². The van der Waals surface area contributed by atoms with Gasteiger partial charge in [-0.1, -0.05) is 146 Å².